The van der Waals surface area contributed by atoms with E-state index in [1.807, 2.05) is 0 Å². The SMILES string of the molecule is COc1cccc(OC)c1[C@H](O)CN. The van der Waals surface area contributed by atoms with Crippen molar-refractivity contribution in [2.45, 2.75) is 6.10 Å². The predicted molar refractivity (Wildman–Crippen MR) is 53.6 cm³/mol. The summed E-state index contributed by atoms with van der Waals surface area (Å²) in [7, 11) is 3.09. The van der Waals surface area contributed by atoms with E-state index in [2.05, 4.69) is 0 Å². The second-order valence-electron chi connectivity index (χ2n) is 2.83. The van der Waals surface area contributed by atoms with Crippen molar-refractivity contribution in [2.24, 2.45) is 5.73 Å². The Bertz CT molecular complexity index is 279. The zero-order valence-corrected chi connectivity index (χ0v) is 8.36. The lowest BCUT2D eigenvalue weighted by Gasteiger charge is -2.16. The molecule has 1 aromatic rings. The quantitative estimate of drug-likeness (QED) is 0.745. The van der Waals surface area contributed by atoms with Crippen LogP contribution in [0.1, 0.15) is 11.7 Å². The molecule has 0 aliphatic rings. The van der Waals surface area contributed by atoms with Crippen LogP contribution in [0, 0.1) is 0 Å². The Kier molecular flexibility index (Phi) is 3.73. The van der Waals surface area contributed by atoms with Crippen molar-refractivity contribution in [3.63, 3.8) is 0 Å². The van der Waals surface area contributed by atoms with Crippen LogP contribution >= 0.6 is 0 Å². The van der Waals surface area contributed by atoms with Gasteiger partial charge in [-0.1, -0.05) is 6.07 Å². The van der Waals surface area contributed by atoms with E-state index < -0.39 is 6.10 Å². The van der Waals surface area contributed by atoms with Gasteiger partial charge in [-0.05, 0) is 12.1 Å². The molecule has 0 saturated heterocycles. The number of benzene rings is 1. The van der Waals surface area contributed by atoms with Crippen LogP contribution in [0.2, 0.25) is 0 Å². The maximum Gasteiger partial charge on any atom is 0.128 e. The summed E-state index contributed by atoms with van der Waals surface area (Å²) >= 11 is 0. The van der Waals surface area contributed by atoms with Gasteiger partial charge in [-0.15, -0.1) is 0 Å². The van der Waals surface area contributed by atoms with E-state index in [1.54, 1.807) is 32.4 Å². The highest BCUT2D eigenvalue weighted by Gasteiger charge is 2.16. The second kappa shape index (κ2) is 4.83. The largest absolute Gasteiger partial charge is 0.496 e. The Morgan fingerprint density at radius 3 is 2.14 bits per heavy atom. The average Bonchev–Trinajstić information content (AvgIpc) is 2.26. The molecule has 1 atom stereocenters. The first-order chi connectivity index (χ1) is 6.74. The molecule has 78 valence electrons. The molecule has 1 aromatic carbocycles. The van der Waals surface area contributed by atoms with Crippen LogP contribution in [0.25, 0.3) is 0 Å². The Labute approximate surface area is 83.3 Å². The molecule has 0 heterocycles. The van der Waals surface area contributed by atoms with Crippen LogP contribution in [-0.4, -0.2) is 25.9 Å². The van der Waals surface area contributed by atoms with Crippen LogP contribution in [-0.2, 0) is 0 Å². The van der Waals surface area contributed by atoms with Crippen LogP contribution in [0.15, 0.2) is 18.2 Å². The summed E-state index contributed by atoms with van der Waals surface area (Å²) in [5.41, 5.74) is 5.99. The molecule has 0 aliphatic heterocycles. The lowest BCUT2D eigenvalue weighted by molar-refractivity contribution is 0.177. The molecule has 0 amide bonds. The maximum absolute atomic E-state index is 9.67. The summed E-state index contributed by atoms with van der Waals surface area (Å²) < 4.78 is 10.2. The normalized spacial score (nSPS) is 12.3. The van der Waals surface area contributed by atoms with E-state index in [4.69, 9.17) is 15.2 Å². The van der Waals surface area contributed by atoms with E-state index >= 15 is 0 Å². The van der Waals surface area contributed by atoms with Crippen molar-refractivity contribution in [2.75, 3.05) is 20.8 Å². The van der Waals surface area contributed by atoms with Crippen LogP contribution in [0.5, 0.6) is 11.5 Å². The fraction of sp³-hybridized carbons (Fsp3) is 0.400. The maximum atomic E-state index is 9.67. The first kappa shape index (κ1) is 10.8. The minimum absolute atomic E-state index is 0.136. The molecule has 0 fully saturated rings. The summed E-state index contributed by atoms with van der Waals surface area (Å²) in [6.45, 7) is 0.136. The van der Waals surface area contributed by atoms with Gasteiger partial charge in [-0.25, -0.2) is 0 Å². The minimum Gasteiger partial charge on any atom is -0.496 e. The molecule has 0 radical (unpaired) electrons. The zero-order valence-electron chi connectivity index (χ0n) is 8.36. The Balaban J connectivity index is 3.18. The third-order valence-electron chi connectivity index (χ3n) is 2.02. The Morgan fingerprint density at radius 2 is 1.79 bits per heavy atom. The van der Waals surface area contributed by atoms with Crippen molar-refractivity contribution < 1.29 is 14.6 Å². The molecule has 3 N–H and O–H groups in total. The van der Waals surface area contributed by atoms with Crippen LogP contribution < -0.4 is 15.2 Å². The van der Waals surface area contributed by atoms with Gasteiger partial charge in [-0.2, -0.15) is 0 Å². The number of hydrogen-bond acceptors (Lipinski definition) is 4. The molecule has 0 bridgehead atoms. The molecule has 1 rings (SSSR count). The highest BCUT2D eigenvalue weighted by atomic mass is 16.5. The molecule has 0 aliphatic carbocycles. The molecule has 0 unspecified atom stereocenters. The van der Waals surface area contributed by atoms with Gasteiger partial charge < -0.3 is 20.3 Å². The van der Waals surface area contributed by atoms with Crippen LogP contribution in [0.3, 0.4) is 0 Å². The summed E-state index contributed by atoms with van der Waals surface area (Å²) in [6, 6.07) is 5.32. The molecule has 14 heavy (non-hydrogen) atoms. The monoisotopic (exact) mass is 197 g/mol. The number of methoxy groups -OCH3 is 2. The van der Waals surface area contributed by atoms with Crippen molar-refractivity contribution in [3.05, 3.63) is 23.8 Å². The summed E-state index contributed by atoms with van der Waals surface area (Å²) in [4.78, 5) is 0. The van der Waals surface area contributed by atoms with Gasteiger partial charge in [0.05, 0.1) is 25.9 Å². The summed E-state index contributed by atoms with van der Waals surface area (Å²) in [5, 5.41) is 9.67. The third-order valence-corrected chi connectivity index (χ3v) is 2.02. The third kappa shape index (κ3) is 1.97. The van der Waals surface area contributed by atoms with Gasteiger partial charge in [0.2, 0.25) is 0 Å². The fourth-order valence-electron chi connectivity index (χ4n) is 1.33. The van der Waals surface area contributed by atoms with Gasteiger partial charge in [0.25, 0.3) is 0 Å². The standard InChI is InChI=1S/C10H15NO3/c1-13-8-4-3-5-9(14-2)10(8)7(12)6-11/h3-5,7,12H,6,11H2,1-2H3/t7-/m1/s1. The topological polar surface area (TPSA) is 64.7 Å². The van der Waals surface area contributed by atoms with E-state index in [1.165, 1.54) is 0 Å². The fourth-order valence-corrected chi connectivity index (χ4v) is 1.33. The zero-order chi connectivity index (χ0) is 10.6. The number of nitrogens with two attached hydrogens (primary N) is 1. The molecule has 0 spiro atoms. The van der Waals surface area contributed by atoms with Gasteiger partial charge in [0.15, 0.2) is 0 Å². The number of rotatable bonds is 4. The number of ether oxygens (including phenoxy) is 2. The number of aliphatic hydroxyl groups is 1. The van der Waals surface area contributed by atoms with Crippen molar-refractivity contribution in [1.82, 2.24) is 0 Å². The first-order valence-corrected chi connectivity index (χ1v) is 4.33. The second-order valence-corrected chi connectivity index (χ2v) is 2.83. The smallest absolute Gasteiger partial charge is 0.128 e. The van der Waals surface area contributed by atoms with Gasteiger partial charge in [0.1, 0.15) is 11.5 Å². The lowest BCUT2D eigenvalue weighted by Crippen LogP contribution is -2.13. The summed E-state index contributed by atoms with van der Waals surface area (Å²) in [6.07, 6.45) is -0.763. The highest BCUT2D eigenvalue weighted by molar-refractivity contribution is 5.46. The van der Waals surface area contributed by atoms with Gasteiger partial charge >= 0.3 is 0 Å². The van der Waals surface area contributed by atoms with Gasteiger partial charge in [-0.3, -0.25) is 0 Å². The van der Waals surface area contributed by atoms with E-state index in [0.29, 0.717) is 17.1 Å². The van der Waals surface area contributed by atoms with E-state index in [9.17, 15) is 5.11 Å². The van der Waals surface area contributed by atoms with E-state index in [0.717, 1.165) is 0 Å². The molecule has 0 aromatic heterocycles. The molecular formula is C10H15NO3. The number of hydrogen-bond donors (Lipinski definition) is 2. The van der Waals surface area contributed by atoms with Crippen molar-refractivity contribution >= 4 is 0 Å². The van der Waals surface area contributed by atoms with Gasteiger partial charge in [0, 0.05) is 6.54 Å². The predicted octanol–water partition coefficient (Wildman–Crippen LogP) is 0.696. The highest BCUT2D eigenvalue weighted by Crippen LogP contribution is 2.33. The molecular weight excluding hydrogens is 182 g/mol. The Hall–Kier alpha value is -1.26. The molecule has 4 nitrogen and oxygen atoms in total. The van der Waals surface area contributed by atoms with Crippen molar-refractivity contribution in [3.8, 4) is 11.5 Å². The van der Waals surface area contributed by atoms with Crippen molar-refractivity contribution in [1.29, 1.82) is 0 Å². The molecule has 4 heteroatoms. The Morgan fingerprint density at radius 1 is 1.29 bits per heavy atom. The summed E-state index contributed by atoms with van der Waals surface area (Å²) in [5.74, 6) is 1.17. The average molecular weight is 197 g/mol. The van der Waals surface area contributed by atoms with E-state index in [-0.39, 0.29) is 6.54 Å². The van der Waals surface area contributed by atoms with Crippen LogP contribution in [0.4, 0.5) is 0 Å². The molecule has 0 saturated carbocycles. The minimum atomic E-state index is -0.763. The first-order valence-electron chi connectivity index (χ1n) is 4.33. The number of aliphatic hydroxyl groups excluding tert-OH is 1. The lowest BCUT2D eigenvalue weighted by atomic mass is 10.1.